The number of aromatic nitrogens is 2. The van der Waals surface area contributed by atoms with Crippen LogP contribution < -0.4 is 10.5 Å². The lowest BCUT2D eigenvalue weighted by Gasteiger charge is -2.07. The minimum Gasteiger partial charge on any atom is -0.408 e. The number of nitrogens with one attached hydrogen (secondary N) is 1. The summed E-state index contributed by atoms with van der Waals surface area (Å²) in [5.41, 5.74) is 3.00. The maximum Gasteiger partial charge on any atom is 0.419 e. The summed E-state index contributed by atoms with van der Waals surface area (Å²) in [7, 11) is -0.151. The molecule has 7 nitrogen and oxygen atoms in total. The van der Waals surface area contributed by atoms with Crippen LogP contribution in [-0.4, -0.2) is 24.1 Å². The quantitative estimate of drug-likeness (QED) is 0.570. The number of hydrogen-bond acceptors (Lipinski definition) is 4. The van der Waals surface area contributed by atoms with E-state index in [1.165, 1.54) is 29.8 Å². The topological polar surface area (TPSA) is 86.2 Å². The second-order valence-corrected chi connectivity index (χ2v) is 8.29. The Bertz CT molecular complexity index is 1310. The van der Waals surface area contributed by atoms with Gasteiger partial charge in [-0.15, -0.1) is 0 Å². The maximum absolute atomic E-state index is 12.6. The highest BCUT2D eigenvalue weighted by Gasteiger charge is 2.16. The normalized spacial score (nSPS) is 12.2. The second-order valence-electron chi connectivity index (χ2n) is 6.52. The predicted octanol–water partition coefficient (Wildman–Crippen LogP) is 2.14. The Morgan fingerprint density at radius 3 is 2.67 bits per heavy atom. The Hall–Kier alpha value is -2.84. The van der Waals surface area contributed by atoms with E-state index in [0.29, 0.717) is 17.5 Å². The van der Waals surface area contributed by atoms with E-state index >= 15 is 0 Å². The lowest BCUT2D eigenvalue weighted by molar-refractivity contribution is 0.528. The SMILES string of the molecule is Cn1ccc2cc(CCNS(=O)(=O)c3ccc4oc(=O)n(C)c4c3)ccc21. The van der Waals surface area contributed by atoms with Gasteiger partial charge in [-0.25, -0.2) is 17.9 Å². The molecule has 0 aliphatic rings. The third kappa shape index (κ3) is 3.17. The van der Waals surface area contributed by atoms with Crippen LogP contribution in [0.5, 0.6) is 0 Å². The van der Waals surface area contributed by atoms with Gasteiger partial charge in [0, 0.05) is 32.4 Å². The zero-order valence-electron chi connectivity index (χ0n) is 15.0. The zero-order chi connectivity index (χ0) is 19.2. The van der Waals surface area contributed by atoms with Crippen LogP contribution in [0.25, 0.3) is 22.0 Å². The van der Waals surface area contributed by atoms with Gasteiger partial charge in [0.1, 0.15) is 0 Å². The number of sulfonamides is 1. The largest absolute Gasteiger partial charge is 0.419 e. The van der Waals surface area contributed by atoms with E-state index in [1.807, 2.05) is 36.0 Å². The molecule has 2 aromatic carbocycles. The van der Waals surface area contributed by atoms with Gasteiger partial charge in [0.25, 0.3) is 0 Å². The summed E-state index contributed by atoms with van der Waals surface area (Å²) in [6.07, 6.45) is 2.58. The molecule has 0 aliphatic heterocycles. The molecule has 0 bridgehead atoms. The van der Waals surface area contributed by atoms with Crippen LogP contribution in [0.4, 0.5) is 0 Å². The van der Waals surface area contributed by atoms with Crippen molar-refractivity contribution in [2.75, 3.05) is 6.54 Å². The van der Waals surface area contributed by atoms with E-state index < -0.39 is 15.8 Å². The number of oxazole rings is 1. The highest BCUT2D eigenvalue weighted by Crippen LogP contribution is 2.19. The average molecular weight is 385 g/mol. The first kappa shape index (κ1) is 17.6. The maximum atomic E-state index is 12.6. The Kier molecular flexibility index (Phi) is 4.16. The minimum atomic E-state index is -3.68. The number of benzene rings is 2. The van der Waals surface area contributed by atoms with Gasteiger partial charge in [-0.3, -0.25) is 4.57 Å². The molecule has 0 saturated heterocycles. The number of nitrogens with zero attached hydrogens (tertiary/aromatic N) is 2. The van der Waals surface area contributed by atoms with E-state index in [0.717, 1.165) is 16.5 Å². The summed E-state index contributed by atoms with van der Waals surface area (Å²) in [6.45, 7) is 0.281. The lowest BCUT2D eigenvalue weighted by atomic mass is 10.1. The average Bonchev–Trinajstić information content (AvgIpc) is 3.14. The van der Waals surface area contributed by atoms with Crippen LogP contribution in [0.1, 0.15) is 5.56 Å². The highest BCUT2D eigenvalue weighted by molar-refractivity contribution is 7.89. The number of rotatable bonds is 5. The Morgan fingerprint density at radius 1 is 1.04 bits per heavy atom. The summed E-state index contributed by atoms with van der Waals surface area (Å²) >= 11 is 0. The molecule has 0 saturated carbocycles. The van der Waals surface area contributed by atoms with Crippen LogP contribution in [0.15, 0.2) is 62.8 Å². The molecular weight excluding hydrogens is 366 g/mol. The predicted molar refractivity (Wildman–Crippen MR) is 103 cm³/mol. The third-order valence-corrected chi connectivity index (χ3v) is 6.19. The fourth-order valence-electron chi connectivity index (χ4n) is 3.17. The summed E-state index contributed by atoms with van der Waals surface area (Å²) in [6, 6.07) is 12.5. The molecule has 0 fully saturated rings. The Labute approximate surface area is 155 Å². The van der Waals surface area contributed by atoms with Crippen molar-refractivity contribution in [1.82, 2.24) is 13.9 Å². The van der Waals surface area contributed by atoms with Crippen molar-refractivity contribution in [3.8, 4) is 0 Å². The summed E-state index contributed by atoms with van der Waals surface area (Å²) in [4.78, 5) is 11.7. The number of fused-ring (bicyclic) bond motifs is 2. The van der Waals surface area contributed by atoms with Gasteiger partial charge < -0.3 is 8.98 Å². The van der Waals surface area contributed by atoms with E-state index in [2.05, 4.69) is 10.8 Å². The molecule has 140 valence electrons. The van der Waals surface area contributed by atoms with E-state index in [1.54, 1.807) is 0 Å². The molecule has 1 N–H and O–H groups in total. The Morgan fingerprint density at radius 2 is 1.85 bits per heavy atom. The molecule has 0 unspecified atom stereocenters. The lowest BCUT2D eigenvalue weighted by Crippen LogP contribution is -2.26. The van der Waals surface area contributed by atoms with Crippen molar-refractivity contribution in [2.45, 2.75) is 11.3 Å². The van der Waals surface area contributed by atoms with Gasteiger partial charge >= 0.3 is 5.76 Å². The monoisotopic (exact) mass is 385 g/mol. The van der Waals surface area contributed by atoms with Gasteiger partial charge in [0.2, 0.25) is 10.0 Å². The molecule has 4 rings (SSSR count). The fourth-order valence-corrected chi connectivity index (χ4v) is 4.22. The summed E-state index contributed by atoms with van der Waals surface area (Å²) in [5, 5.41) is 1.13. The molecule has 0 aliphatic carbocycles. The van der Waals surface area contributed by atoms with Crippen LogP contribution in [0.2, 0.25) is 0 Å². The van der Waals surface area contributed by atoms with Crippen molar-refractivity contribution in [3.63, 3.8) is 0 Å². The van der Waals surface area contributed by atoms with Crippen molar-refractivity contribution in [3.05, 3.63) is 64.8 Å². The zero-order valence-corrected chi connectivity index (χ0v) is 15.8. The van der Waals surface area contributed by atoms with Gasteiger partial charge in [-0.1, -0.05) is 6.07 Å². The minimum absolute atomic E-state index is 0.102. The Balaban J connectivity index is 1.51. The van der Waals surface area contributed by atoms with Gasteiger partial charge in [0.15, 0.2) is 5.58 Å². The van der Waals surface area contributed by atoms with Crippen molar-refractivity contribution < 1.29 is 12.8 Å². The summed E-state index contributed by atoms with van der Waals surface area (Å²) < 4.78 is 36.1. The molecule has 0 amide bonds. The molecule has 2 aromatic heterocycles. The van der Waals surface area contributed by atoms with Crippen LogP contribution >= 0.6 is 0 Å². The van der Waals surface area contributed by atoms with Crippen LogP contribution in [0.3, 0.4) is 0 Å². The molecule has 4 aromatic rings. The van der Waals surface area contributed by atoms with Gasteiger partial charge in [-0.05, 0) is 53.8 Å². The van der Waals surface area contributed by atoms with Crippen molar-refractivity contribution in [2.24, 2.45) is 14.1 Å². The molecule has 27 heavy (non-hydrogen) atoms. The van der Waals surface area contributed by atoms with Crippen molar-refractivity contribution in [1.29, 1.82) is 0 Å². The fraction of sp³-hybridized carbons (Fsp3) is 0.211. The van der Waals surface area contributed by atoms with Gasteiger partial charge in [-0.2, -0.15) is 0 Å². The number of aryl methyl sites for hydroxylation is 2. The second kappa shape index (κ2) is 6.40. The first-order valence-corrected chi connectivity index (χ1v) is 9.97. The third-order valence-electron chi connectivity index (χ3n) is 4.73. The van der Waals surface area contributed by atoms with Crippen LogP contribution in [0, 0.1) is 0 Å². The summed E-state index contributed by atoms with van der Waals surface area (Å²) in [5.74, 6) is -0.524. The molecule has 8 heteroatoms. The van der Waals surface area contributed by atoms with Crippen molar-refractivity contribution >= 4 is 32.0 Å². The molecule has 2 heterocycles. The van der Waals surface area contributed by atoms with E-state index in [4.69, 9.17) is 4.42 Å². The highest BCUT2D eigenvalue weighted by atomic mass is 32.2. The first-order chi connectivity index (χ1) is 12.8. The standard InChI is InChI=1S/C19H19N3O4S/c1-21-10-8-14-11-13(3-5-16(14)21)7-9-20-27(24,25)15-4-6-18-17(12-15)22(2)19(23)26-18/h3-6,8,10-12,20H,7,9H2,1-2H3. The smallest absolute Gasteiger partial charge is 0.408 e. The van der Waals surface area contributed by atoms with Gasteiger partial charge in [0.05, 0.1) is 10.4 Å². The molecule has 0 radical (unpaired) electrons. The van der Waals surface area contributed by atoms with Crippen LogP contribution in [-0.2, 0) is 30.5 Å². The van der Waals surface area contributed by atoms with E-state index in [-0.39, 0.29) is 11.4 Å². The molecule has 0 spiro atoms. The van der Waals surface area contributed by atoms with E-state index in [9.17, 15) is 13.2 Å². The number of hydrogen-bond donors (Lipinski definition) is 1. The molecular formula is C19H19N3O4S. The molecule has 0 atom stereocenters. The first-order valence-electron chi connectivity index (χ1n) is 8.48.